The summed E-state index contributed by atoms with van der Waals surface area (Å²) < 4.78 is 56.5. The van der Waals surface area contributed by atoms with Gasteiger partial charge in [0.15, 0.2) is 29.0 Å². The molecule has 1 N–H and O–H groups in total. The van der Waals surface area contributed by atoms with Gasteiger partial charge >= 0.3 is 0 Å². The smallest absolute Gasteiger partial charge is 0.188 e. The highest BCUT2D eigenvalue weighted by atomic mass is 19.2. The maximum absolute atomic E-state index is 14.6. The number of hydrogen-bond donors (Lipinski definition) is 1. The largest absolute Gasteiger partial charge is 0.503 e. The Hall–Kier alpha value is -2.56. The monoisotopic (exact) mass is 376 g/mol. The summed E-state index contributed by atoms with van der Waals surface area (Å²) in [5.41, 5.74) is 0.664. The van der Waals surface area contributed by atoms with Crippen molar-refractivity contribution in [1.82, 2.24) is 0 Å². The summed E-state index contributed by atoms with van der Waals surface area (Å²) in [6, 6.07) is 8.12. The fourth-order valence-corrected chi connectivity index (χ4v) is 3.23. The Morgan fingerprint density at radius 1 is 0.815 bits per heavy atom. The number of fused-ring (bicyclic) bond motifs is 1. The van der Waals surface area contributed by atoms with Gasteiger partial charge in [-0.25, -0.2) is 17.6 Å². The molecule has 0 atom stereocenters. The Morgan fingerprint density at radius 2 is 1.59 bits per heavy atom. The van der Waals surface area contributed by atoms with Gasteiger partial charge in [-0.15, -0.1) is 0 Å². The van der Waals surface area contributed by atoms with E-state index in [1.54, 1.807) is 6.07 Å². The van der Waals surface area contributed by atoms with Crippen molar-refractivity contribution in [2.45, 2.75) is 39.0 Å². The Morgan fingerprint density at radius 3 is 2.33 bits per heavy atom. The molecular weight excluding hydrogens is 356 g/mol. The average molecular weight is 376 g/mol. The number of unbranched alkanes of at least 4 members (excludes halogenated alkanes) is 3. The summed E-state index contributed by atoms with van der Waals surface area (Å²) in [7, 11) is 0. The predicted octanol–water partition coefficient (Wildman–Crippen LogP) is 6.89. The molecule has 5 heteroatoms. The fraction of sp³-hybridized carbons (Fsp3) is 0.273. The van der Waals surface area contributed by atoms with Gasteiger partial charge < -0.3 is 5.11 Å². The SMILES string of the molecule is CCCCCCc1ccc(-c2ccc3c(F)c(O)c(F)cc3c2)c(F)c1F. The van der Waals surface area contributed by atoms with E-state index in [4.69, 9.17) is 0 Å². The number of aryl methyl sites for hydroxylation is 1. The maximum Gasteiger partial charge on any atom is 0.188 e. The number of rotatable bonds is 6. The molecule has 1 nitrogen and oxygen atoms in total. The van der Waals surface area contributed by atoms with Gasteiger partial charge in [-0.1, -0.05) is 50.5 Å². The third kappa shape index (κ3) is 3.77. The normalized spacial score (nSPS) is 11.3. The molecule has 27 heavy (non-hydrogen) atoms. The highest BCUT2D eigenvalue weighted by Gasteiger charge is 2.17. The lowest BCUT2D eigenvalue weighted by molar-refractivity contribution is 0.400. The van der Waals surface area contributed by atoms with Gasteiger partial charge in [0, 0.05) is 10.9 Å². The average Bonchev–Trinajstić information content (AvgIpc) is 2.66. The van der Waals surface area contributed by atoms with E-state index in [9.17, 15) is 22.7 Å². The molecule has 0 fully saturated rings. The van der Waals surface area contributed by atoms with Crippen LogP contribution in [0.3, 0.4) is 0 Å². The molecule has 142 valence electrons. The quantitative estimate of drug-likeness (QED) is 0.367. The van der Waals surface area contributed by atoms with Gasteiger partial charge in [0.05, 0.1) is 0 Å². The molecule has 3 aromatic carbocycles. The summed E-state index contributed by atoms with van der Waals surface area (Å²) in [6.07, 6.45) is 4.35. The van der Waals surface area contributed by atoms with Gasteiger partial charge in [-0.05, 0) is 41.5 Å². The molecule has 0 saturated carbocycles. The van der Waals surface area contributed by atoms with Crippen LogP contribution < -0.4 is 0 Å². The molecule has 0 aliphatic rings. The van der Waals surface area contributed by atoms with Crippen molar-refractivity contribution in [3.8, 4) is 16.9 Å². The van der Waals surface area contributed by atoms with Crippen LogP contribution in [0.5, 0.6) is 5.75 Å². The number of phenolic OH excluding ortho intramolecular Hbond substituents is 1. The molecule has 3 aromatic rings. The molecule has 0 bridgehead atoms. The van der Waals surface area contributed by atoms with E-state index in [0.717, 1.165) is 31.7 Å². The zero-order chi connectivity index (χ0) is 19.6. The highest BCUT2D eigenvalue weighted by molar-refractivity contribution is 5.89. The van der Waals surface area contributed by atoms with Crippen LogP contribution >= 0.6 is 0 Å². The Balaban J connectivity index is 1.96. The molecule has 0 amide bonds. The van der Waals surface area contributed by atoms with Gasteiger partial charge in [0.25, 0.3) is 0 Å². The predicted molar refractivity (Wildman–Crippen MR) is 98.7 cm³/mol. The van der Waals surface area contributed by atoms with Crippen molar-refractivity contribution >= 4 is 10.8 Å². The van der Waals surface area contributed by atoms with E-state index in [1.165, 1.54) is 24.3 Å². The molecule has 0 spiro atoms. The second-order valence-electron chi connectivity index (χ2n) is 6.67. The molecular formula is C22H20F4O. The first-order valence-electron chi connectivity index (χ1n) is 9.02. The van der Waals surface area contributed by atoms with Crippen LogP contribution in [-0.4, -0.2) is 5.11 Å². The van der Waals surface area contributed by atoms with Crippen LogP contribution in [0, 0.1) is 23.3 Å². The first-order chi connectivity index (χ1) is 12.9. The number of halogens is 4. The van der Waals surface area contributed by atoms with Crippen LogP contribution in [0.2, 0.25) is 0 Å². The van der Waals surface area contributed by atoms with E-state index in [1.807, 2.05) is 0 Å². The minimum absolute atomic E-state index is 0.00562. The Labute approximate surface area is 155 Å². The second-order valence-corrected chi connectivity index (χ2v) is 6.67. The summed E-state index contributed by atoms with van der Waals surface area (Å²) >= 11 is 0. The van der Waals surface area contributed by atoms with Crippen molar-refractivity contribution in [3.63, 3.8) is 0 Å². The lowest BCUT2D eigenvalue weighted by Gasteiger charge is -2.10. The summed E-state index contributed by atoms with van der Waals surface area (Å²) in [6.45, 7) is 2.08. The zero-order valence-electron chi connectivity index (χ0n) is 15.0. The first kappa shape index (κ1) is 19.2. The van der Waals surface area contributed by atoms with E-state index in [-0.39, 0.29) is 16.3 Å². The molecule has 0 radical (unpaired) electrons. The Kier molecular flexibility index (Phi) is 5.68. The van der Waals surface area contributed by atoms with Gasteiger partial charge in [-0.3, -0.25) is 0 Å². The lowest BCUT2D eigenvalue weighted by atomic mass is 9.97. The van der Waals surface area contributed by atoms with E-state index in [0.29, 0.717) is 17.5 Å². The summed E-state index contributed by atoms with van der Waals surface area (Å²) in [4.78, 5) is 0. The topological polar surface area (TPSA) is 20.2 Å². The van der Waals surface area contributed by atoms with Crippen molar-refractivity contribution in [2.75, 3.05) is 0 Å². The van der Waals surface area contributed by atoms with Crippen molar-refractivity contribution in [3.05, 3.63) is 65.2 Å². The molecule has 0 aliphatic carbocycles. The van der Waals surface area contributed by atoms with Crippen LogP contribution in [0.1, 0.15) is 38.2 Å². The molecule has 0 aliphatic heterocycles. The third-order valence-electron chi connectivity index (χ3n) is 4.78. The molecule has 3 rings (SSSR count). The minimum Gasteiger partial charge on any atom is -0.503 e. The van der Waals surface area contributed by atoms with Crippen LogP contribution in [0.15, 0.2) is 36.4 Å². The number of hydrogen-bond acceptors (Lipinski definition) is 1. The molecule has 0 heterocycles. The van der Waals surface area contributed by atoms with Crippen molar-refractivity contribution < 1.29 is 22.7 Å². The number of phenols is 1. The van der Waals surface area contributed by atoms with Crippen molar-refractivity contribution in [2.24, 2.45) is 0 Å². The van der Waals surface area contributed by atoms with E-state index < -0.39 is 29.0 Å². The van der Waals surface area contributed by atoms with E-state index in [2.05, 4.69) is 6.92 Å². The van der Waals surface area contributed by atoms with Crippen molar-refractivity contribution in [1.29, 1.82) is 0 Å². The fourth-order valence-electron chi connectivity index (χ4n) is 3.23. The first-order valence-corrected chi connectivity index (χ1v) is 9.02. The highest BCUT2D eigenvalue weighted by Crippen LogP contribution is 2.33. The summed E-state index contributed by atoms with van der Waals surface area (Å²) in [5.74, 6) is -5.09. The Bertz CT molecular complexity index is 982. The minimum atomic E-state index is -1.11. The third-order valence-corrected chi connectivity index (χ3v) is 4.78. The molecule has 0 unspecified atom stereocenters. The zero-order valence-corrected chi connectivity index (χ0v) is 15.0. The van der Waals surface area contributed by atoms with E-state index >= 15 is 0 Å². The standard InChI is InChI=1S/C22H20F4O/c1-2-3-4-5-6-13-7-9-16(20(25)19(13)24)14-8-10-17-15(11-14)12-18(23)22(27)21(17)26/h7-12,27H,2-6H2,1H3. The second kappa shape index (κ2) is 7.99. The lowest BCUT2D eigenvalue weighted by Crippen LogP contribution is -1.98. The molecule has 0 saturated heterocycles. The van der Waals surface area contributed by atoms with Crippen LogP contribution in [-0.2, 0) is 6.42 Å². The summed E-state index contributed by atoms with van der Waals surface area (Å²) in [5, 5.41) is 9.51. The maximum atomic E-state index is 14.6. The number of benzene rings is 3. The molecule has 0 aromatic heterocycles. The number of aromatic hydroxyl groups is 1. The van der Waals surface area contributed by atoms with Gasteiger partial charge in [0.1, 0.15) is 0 Å². The van der Waals surface area contributed by atoms with Crippen LogP contribution in [0.4, 0.5) is 17.6 Å². The van der Waals surface area contributed by atoms with Gasteiger partial charge in [-0.2, -0.15) is 0 Å². The van der Waals surface area contributed by atoms with Crippen LogP contribution in [0.25, 0.3) is 21.9 Å². The van der Waals surface area contributed by atoms with Gasteiger partial charge in [0.2, 0.25) is 0 Å².